The molecule has 0 fully saturated rings. The fourth-order valence-corrected chi connectivity index (χ4v) is 3.46. The van der Waals surface area contributed by atoms with Crippen LogP contribution in [0.25, 0.3) is 0 Å². The van der Waals surface area contributed by atoms with Gasteiger partial charge < -0.3 is 30.7 Å². The predicted octanol–water partition coefficient (Wildman–Crippen LogP) is 1.17. The molecule has 4 atom stereocenters. The Kier molecular flexibility index (Phi) is 14.3. The summed E-state index contributed by atoms with van der Waals surface area (Å²) in [5, 5.41) is 9.79. The second kappa shape index (κ2) is 16.8. The van der Waals surface area contributed by atoms with Gasteiger partial charge in [0, 0.05) is 0 Å². The highest BCUT2D eigenvalue weighted by Crippen LogP contribution is 2.08. The summed E-state index contributed by atoms with van der Waals surface area (Å²) in [4.78, 5) is 74.3. The van der Waals surface area contributed by atoms with Gasteiger partial charge in [-0.05, 0) is 24.3 Å². The Bertz CT molecular complexity index is 1030. The Balaban J connectivity index is 2.80. The molecular formula is C27H39FN4O8. The maximum absolute atomic E-state index is 13.0. The highest BCUT2D eigenvalue weighted by atomic mass is 19.1. The third kappa shape index (κ3) is 11.4. The third-order valence-electron chi connectivity index (χ3n) is 5.87. The average Bonchev–Trinajstić information content (AvgIpc) is 2.92. The lowest BCUT2D eigenvalue weighted by atomic mass is 10.0. The first-order valence-electron chi connectivity index (χ1n) is 12.8. The van der Waals surface area contributed by atoms with Crippen LogP contribution in [0.2, 0.25) is 0 Å². The first-order valence-corrected chi connectivity index (χ1v) is 12.8. The second-order valence-corrected chi connectivity index (χ2v) is 9.83. The lowest BCUT2D eigenvalue weighted by molar-refractivity contribution is -0.143. The Labute approximate surface area is 233 Å². The predicted molar refractivity (Wildman–Crippen MR) is 142 cm³/mol. The van der Waals surface area contributed by atoms with Crippen LogP contribution in [0.1, 0.15) is 46.6 Å². The smallest absolute Gasteiger partial charge is 0.408 e. The fourth-order valence-electron chi connectivity index (χ4n) is 3.46. The molecule has 1 aromatic rings. The maximum atomic E-state index is 13.0. The number of benzene rings is 1. The van der Waals surface area contributed by atoms with E-state index < -0.39 is 78.7 Å². The van der Waals surface area contributed by atoms with Crippen LogP contribution < -0.4 is 21.3 Å². The molecule has 0 aliphatic heterocycles. The minimum Gasteiger partial charge on any atom is -0.469 e. The zero-order chi connectivity index (χ0) is 30.4. The van der Waals surface area contributed by atoms with Crippen LogP contribution in [0.3, 0.4) is 0 Å². The highest BCUT2D eigenvalue weighted by Gasteiger charge is 2.32. The molecule has 0 saturated heterocycles. The van der Waals surface area contributed by atoms with Crippen molar-refractivity contribution in [1.82, 2.24) is 21.3 Å². The molecule has 0 unspecified atom stereocenters. The van der Waals surface area contributed by atoms with E-state index >= 15 is 0 Å². The molecule has 0 aromatic heterocycles. The van der Waals surface area contributed by atoms with Gasteiger partial charge in [-0.3, -0.25) is 24.0 Å². The Morgan fingerprint density at radius 1 is 0.775 bits per heavy atom. The third-order valence-corrected chi connectivity index (χ3v) is 5.87. The van der Waals surface area contributed by atoms with Crippen LogP contribution in [0, 0.1) is 11.8 Å². The van der Waals surface area contributed by atoms with Gasteiger partial charge in [0.2, 0.25) is 17.7 Å². The minimum atomic E-state index is -1.47. The van der Waals surface area contributed by atoms with Gasteiger partial charge >= 0.3 is 12.1 Å². The molecule has 13 heteroatoms. The Morgan fingerprint density at radius 2 is 1.32 bits per heavy atom. The number of alkyl carbamates (subject to hydrolysis) is 1. The molecule has 4 N–H and O–H groups in total. The number of hydrogen-bond donors (Lipinski definition) is 4. The van der Waals surface area contributed by atoms with Gasteiger partial charge in [-0.25, -0.2) is 9.18 Å². The second-order valence-electron chi connectivity index (χ2n) is 9.83. The lowest BCUT2D eigenvalue weighted by Gasteiger charge is -2.27. The largest absolute Gasteiger partial charge is 0.469 e. The van der Waals surface area contributed by atoms with E-state index in [1.807, 2.05) is 6.07 Å². The molecule has 0 bridgehead atoms. The summed E-state index contributed by atoms with van der Waals surface area (Å²) < 4.78 is 22.6. The van der Waals surface area contributed by atoms with Crippen molar-refractivity contribution < 1.29 is 42.6 Å². The summed E-state index contributed by atoms with van der Waals surface area (Å²) in [6, 6.07) is 4.19. The summed E-state index contributed by atoms with van der Waals surface area (Å²) in [7, 11) is 1.08. The van der Waals surface area contributed by atoms with Crippen LogP contribution in [0.5, 0.6) is 0 Å². The molecule has 1 rings (SSSR count). The molecule has 0 aliphatic carbocycles. The van der Waals surface area contributed by atoms with E-state index in [2.05, 4.69) is 26.0 Å². The van der Waals surface area contributed by atoms with Crippen LogP contribution in [-0.2, 0) is 40.1 Å². The quantitative estimate of drug-likeness (QED) is 0.229. The topological polar surface area (TPSA) is 169 Å². The summed E-state index contributed by atoms with van der Waals surface area (Å²) in [5.74, 6) is -4.87. The van der Waals surface area contributed by atoms with E-state index in [-0.39, 0.29) is 12.5 Å². The maximum Gasteiger partial charge on any atom is 0.408 e. The number of ketones is 1. The van der Waals surface area contributed by atoms with Crippen molar-refractivity contribution in [3.63, 3.8) is 0 Å². The van der Waals surface area contributed by atoms with Gasteiger partial charge in [-0.15, -0.1) is 0 Å². The van der Waals surface area contributed by atoms with Crippen molar-refractivity contribution in [2.75, 3.05) is 13.8 Å². The summed E-state index contributed by atoms with van der Waals surface area (Å²) in [5.41, 5.74) is 0.767. The van der Waals surface area contributed by atoms with Crippen molar-refractivity contribution in [3.8, 4) is 0 Å². The van der Waals surface area contributed by atoms with Crippen LogP contribution in [-0.4, -0.2) is 73.5 Å². The molecule has 12 nitrogen and oxygen atoms in total. The average molecular weight is 567 g/mol. The number of rotatable bonds is 15. The minimum absolute atomic E-state index is 0.00792. The molecule has 40 heavy (non-hydrogen) atoms. The summed E-state index contributed by atoms with van der Waals surface area (Å²) in [6.07, 6.45) is -1.39. The zero-order valence-corrected chi connectivity index (χ0v) is 23.6. The molecule has 0 heterocycles. The van der Waals surface area contributed by atoms with Crippen molar-refractivity contribution in [2.24, 2.45) is 11.8 Å². The number of Topliss-reactive ketones (excluding diaryl/α,β-unsaturated/α-hetero) is 1. The summed E-state index contributed by atoms with van der Waals surface area (Å²) >= 11 is 0. The number of esters is 1. The van der Waals surface area contributed by atoms with Crippen molar-refractivity contribution in [2.45, 2.75) is 71.8 Å². The van der Waals surface area contributed by atoms with Gasteiger partial charge in [-0.1, -0.05) is 58.0 Å². The monoisotopic (exact) mass is 566 g/mol. The first kappa shape index (κ1) is 34.0. The number of ether oxygens (including phenoxy) is 2. The Hall–Kier alpha value is -4.03. The Morgan fingerprint density at radius 3 is 1.85 bits per heavy atom. The van der Waals surface area contributed by atoms with Crippen molar-refractivity contribution >= 4 is 35.6 Å². The van der Waals surface area contributed by atoms with Gasteiger partial charge in [0.15, 0.2) is 5.78 Å². The molecule has 222 valence electrons. The number of nitrogens with one attached hydrogen (secondary N) is 4. The van der Waals surface area contributed by atoms with Gasteiger partial charge in [0.25, 0.3) is 0 Å². The first-order chi connectivity index (χ1) is 18.8. The van der Waals surface area contributed by atoms with Crippen molar-refractivity contribution in [3.05, 3.63) is 35.9 Å². The molecular weight excluding hydrogens is 527 g/mol. The van der Waals surface area contributed by atoms with E-state index in [4.69, 9.17) is 4.74 Å². The number of carbonyl (C=O) groups is 6. The summed E-state index contributed by atoms with van der Waals surface area (Å²) in [6.45, 7) is 6.65. The molecule has 0 aliphatic rings. The molecule has 1 aromatic carbocycles. The van der Waals surface area contributed by atoms with Crippen LogP contribution in [0.4, 0.5) is 9.18 Å². The molecule has 0 spiro atoms. The van der Waals surface area contributed by atoms with Crippen LogP contribution >= 0.6 is 0 Å². The highest BCUT2D eigenvalue weighted by molar-refractivity contribution is 5.96. The standard InChI is InChI=1S/C27H39FN4O8/c1-15(2)22(26(37)30-19(20(33)13-28)12-21(34)39-6)31-24(35)17(5)29-25(36)23(16(3)4)32-27(38)40-14-18-10-8-7-9-11-18/h7-11,15-17,19,22-23H,12-14H2,1-6H3,(H,29,36)(H,30,37)(H,31,35)(H,32,38)/t17-,19-,22-,23-/m0/s1. The number of hydrogen-bond acceptors (Lipinski definition) is 8. The van der Waals surface area contributed by atoms with Gasteiger partial charge in [0.05, 0.1) is 13.5 Å². The van der Waals surface area contributed by atoms with E-state index in [0.29, 0.717) is 0 Å². The number of amides is 4. The lowest BCUT2D eigenvalue weighted by Crippen LogP contribution is -2.59. The molecule has 4 amide bonds. The van der Waals surface area contributed by atoms with E-state index in [9.17, 15) is 33.2 Å². The van der Waals surface area contributed by atoms with E-state index in [1.165, 1.54) is 6.92 Å². The normalized spacial score (nSPS) is 13.8. The van der Waals surface area contributed by atoms with E-state index in [1.54, 1.807) is 52.0 Å². The number of methoxy groups -OCH3 is 1. The SMILES string of the molecule is COC(=O)C[C@H](NC(=O)[C@@H](NC(=O)[C@H](C)NC(=O)[C@@H](NC(=O)OCc1ccccc1)C(C)C)C(C)C)C(=O)CF. The molecule has 0 radical (unpaired) electrons. The van der Waals surface area contributed by atoms with Crippen LogP contribution in [0.15, 0.2) is 30.3 Å². The number of halogens is 1. The number of carbonyl (C=O) groups excluding carboxylic acids is 6. The zero-order valence-electron chi connectivity index (χ0n) is 23.6. The van der Waals surface area contributed by atoms with E-state index in [0.717, 1.165) is 12.7 Å². The van der Waals surface area contributed by atoms with Crippen molar-refractivity contribution in [1.29, 1.82) is 0 Å². The molecule has 0 saturated carbocycles. The number of alkyl halides is 1. The van der Waals surface area contributed by atoms with Gasteiger partial charge in [-0.2, -0.15) is 0 Å². The fraction of sp³-hybridized carbons (Fsp3) is 0.556. The van der Waals surface area contributed by atoms with Gasteiger partial charge in [0.1, 0.15) is 37.4 Å².